The van der Waals surface area contributed by atoms with Gasteiger partial charge in [0.15, 0.2) is 0 Å². The first-order chi connectivity index (χ1) is 13.5. The molecule has 0 amide bonds. The van der Waals surface area contributed by atoms with Crippen molar-refractivity contribution in [2.75, 3.05) is 5.32 Å². The van der Waals surface area contributed by atoms with Crippen LogP contribution in [0.15, 0.2) is 58.5 Å². The first-order valence-corrected chi connectivity index (χ1v) is 10.8. The van der Waals surface area contributed by atoms with Crippen LogP contribution in [-0.4, -0.2) is 4.98 Å². The van der Waals surface area contributed by atoms with Crippen LogP contribution in [0.3, 0.4) is 0 Å². The molecule has 1 aromatic heterocycles. The van der Waals surface area contributed by atoms with Gasteiger partial charge in [-0.25, -0.2) is 4.98 Å². The van der Waals surface area contributed by atoms with Crippen LogP contribution in [0, 0.1) is 24.2 Å². The molecular formula is C23H22BrN3S. The molecule has 0 fully saturated rings. The number of allylic oxidation sites excluding steroid dienone is 1. The first kappa shape index (κ1) is 20.3. The van der Waals surface area contributed by atoms with Crippen molar-refractivity contribution in [1.82, 2.24) is 4.98 Å². The van der Waals surface area contributed by atoms with E-state index in [1.54, 1.807) is 6.20 Å². The van der Waals surface area contributed by atoms with Crippen molar-refractivity contribution in [2.45, 2.75) is 27.2 Å². The van der Waals surface area contributed by atoms with E-state index in [1.807, 2.05) is 30.5 Å². The topological polar surface area (TPSA) is 48.7 Å². The molecule has 0 aliphatic rings. The van der Waals surface area contributed by atoms with Gasteiger partial charge in [0.1, 0.15) is 16.6 Å². The van der Waals surface area contributed by atoms with Crippen molar-refractivity contribution in [2.24, 2.45) is 5.92 Å². The third-order valence-corrected chi connectivity index (χ3v) is 5.78. The lowest BCUT2D eigenvalue weighted by molar-refractivity contribution is 0.647. The van der Waals surface area contributed by atoms with Crippen LogP contribution in [0.1, 0.15) is 30.0 Å². The summed E-state index contributed by atoms with van der Waals surface area (Å²) >= 11 is 5.02. The summed E-state index contributed by atoms with van der Waals surface area (Å²) in [5, 5.41) is 15.5. The highest BCUT2D eigenvalue weighted by Gasteiger charge is 2.10. The van der Waals surface area contributed by atoms with Gasteiger partial charge in [-0.05, 0) is 58.5 Å². The van der Waals surface area contributed by atoms with Crippen molar-refractivity contribution in [3.63, 3.8) is 0 Å². The number of thiazole rings is 1. The molecule has 3 aromatic rings. The monoisotopic (exact) mass is 451 g/mol. The van der Waals surface area contributed by atoms with Crippen molar-refractivity contribution < 1.29 is 0 Å². The van der Waals surface area contributed by atoms with Crippen LogP contribution in [0.5, 0.6) is 0 Å². The SMILES string of the molecule is Cc1ccc(N/C=C(\C#N)c2nc(-c3ccc(CC(C)C)cc3)cs2)c(Br)c1. The third kappa shape index (κ3) is 5.09. The molecule has 142 valence electrons. The number of benzene rings is 2. The molecule has 1 N–H and O–H groups in total. The Kier molecular flexibility index (Phi) is 6.66. The van der Waals surface area contributed by atoms with Crippen molar-refractivity contribution in [3.05, 3.63) is 74.7 Å². The standard InChI is InChI=1S/C23H22BrN3S/c1-15(2)10-17-5-7-18(8-6-17)22-14-28-23(27-22)19(12-25)13-26-21-9-4-16(3)11-20(21)24/h4-9,11,13-15,26H,10H2,1-3H3/b19-13+. The number of aromatic nitrogens is 1. The van der Waals surface area contributed by atoms with Crippen LogP contribution >= 0.6 is 27.3 Å². The minimum Gasteiger partial charge on any atom is -0.359 e. The van der Waals surface area contributed by atoms with Gasteiger partial charge in [0.05, 0.1) is 11.4 Å². The van der Waals surface area contributed by atoms with Gasteiger partial charge >= 0.3 is 0 Å². The van der Waals surface area contributed by atoms with E-state index in [0.29, 0.717) is 16.5 Å². The van der Waals surface area contributed by atoms with Gasteiger partial charge in [-0.2, -0.15) is 5.26 Å². The number of nitrogens with one attached hydrogen (secondary N) is 1. The zero-order valence-corrected chi connectivity index (χ0v) is 18.6. The highest BCUT2D eigenvalue weighted by atomic mass is 79.9. The Labute approximate surface area is 178 Å². The Morgan fingerprint density at radius 2 is 2.00 bits per heavy atom. The normalized spacial score (nSPS) is 11.5. The average molecular weight is 452 g/mol. The summed E-state index contributed by atoms with van der Waals surface area (Å²) in [6.07, 6.45) is 2.79. The molecule has 0 aliphatic carbocycles. The molecule has 0 saturated heterocycles. The lowest BCUT2D eigenvalue weighted by Crippen LogP contribution is -1.93. The molecule has 5 heteroatoms. The van der Waals surface area contributed by atoms with Gasteiger partial charge in [0.2, 0.25) is 0 Å². The zero-order valence-electron chi connectivity index (χ0n) is 16.2. The molecule has 0 aliphatic heterocycles. The second kappa shape index (κ2) is 9.18. The van der Waals surface area contributed by atoms with Crippen LogP contribution in [0.25, 0.3) is 16.8 Å². The summed E-state index contributed by atoms with van der Waals surface area (Å²) in [5.41, 5.74) is 5.90. The zero-order chi connectivity index (χ0) is 20.1. The number of hydrogen-bond acceptors (Lipinski definition) is 4. The fourth-order valence-corrected chi connectivity index (χ4v) is 4.24. The predicted octanol–water partition coefficient (Wildman–Crippen LogP) is 7.06. The second-order valence-electron chi connectivity index (χ2n) is 7.13. The quantitative estimate of drug-likeness (QED) is 0.408. The third-order valence-electron chi connectivity index (χ3n) is 4.25. The molecule has 3 rings (SSSR count). The van der Waals surface area contributed by atoms with Gasteiger partial charge in [-0.3, -0.25) is 0 Å². The molecule has 28 heavy (non-hydrogen) atoms. The number of hydrogen-bond donors (Lipinski definition) is 1. The van der Waals surface area contributed by atoms with Gasteiger partial charge in [0, 0.05) is 21.6 Å². The molecule has 0 atom stereocenters. The van der Waals surface area contributed by atoms with E-state index in [0.717, 1.165) is 27.8 Å². The molecule has 2 aromatic carbocycles. The first-order valence-electron chi connectivity index (χ1n) is 9.14. The predicted molar refractivity (Wildman–Crippen MR) is 122 cm³/mol. The summed E-state index contributed by atoms with van der Waals surface area (Å²) in [5.74, 6) is 0.640. The van der Waals surface area contributed by atoms with Gasteiger partial charge in [0.25, 0.3) is 0 Å². The summed E-state index contributed by atoms with van der Waals surface area (Å²) in [7, 11) is 0. The van der Waals surface area contributed by atoms with E-state index in [9.17, 15) is 5.26 Å². The fraction of sp³-hybridized carbons (Fsp3) is 0.217. The number of nitriles is 1. The number of nitrogens with zero attached hydrogens (tertiary/aromatic N) is 2. The molecule has 3 nitrogen and oxygen atoms in total. The second-order valence-corrected chi connectivity index (χ2v) is 8.84. The van der Waals surface area contributed by atoms with Gasteiger partial charge in [-0.15, -0.1) is 11.3 Å². The van der Waals surface area contributed by atoms with Crippen molar-refractivity contribution >= 4 is 38.5 Å². The summed E-state index contributed by atoms with van der Waals surface area (Å²) in [4.78, 5) is 4.67. The fourth-order valence-electron chi connectivity index (χ4n) is 2.84. The van der Waals surface area contributed by atoms with E-state index < -0.39 is 0 Å². The van der Waals surface area contributed by atoms with Crippen LogP contribution in [0.4, 0.5) is 5.69 Å². The molecule has 0 spiro atoms. The van der Waals surface area contributed by atoms with Crippen molar-refractivity contribution in [3.8, 4) is 17.3 Å². The smallest absolute Gasteiger partial charge is 0.136 e. The largest absolute Gasteiger partial charge is 0.359 e. The maximum Gasteiger partial charge on any atom is 0.136 e. The Hall–Kier alpha value is -2.42. The lowest BCUT2D eigenvalue weighted by atomic mass is 10.0. The molecule has 0 saturated carbocycles. The highest BCUT2D eigenvalue weighted by Crippen LogP contribution is 2.28. The lowest BCUT2D eigenvalue weighted by Gasteiger charge is -2.06. The molecule has 0 bridgehead atoms. The van der Waals surface area contributed by atoms with Crippen LogP contribution < -0.4 is 5.32 Å². The Balaban J connectivity index is 1.78. The van der Waals surface area contributed by atoms with Gasteiger partial charge in [-0.1, -0.05) is 44.2 Å². The molecule has 1 heterocycles. The summed E-state index contributed by atoms with van der Waals surface area (Å²) < 4.78 is 0.961. The maximum atomic E-state index is 9.57. The minimum atomic E-state index is 0.514. The minimum absolute atomic E-state index is 0.514. The van der Waals surface area contributed by atoms with E-state index in [-0.39, 0.29) is 0 Å². The van der Waals surface area contributed by atoms with Gasteiger partial charge < -0.3 is 5.32 Å². The van der Waals surface area contributed by atoms with E-state index >= 15 is 0 Å². The maximum absolute atomic E-state index is 9.57. The number of halogens is 1. The van der Waals surface area contributed by atoms with E-state index in [4.69, 9.17) is 0 Å². The van der Waals surface area contributed by atoms with Crippen LogP contribution in [0.2, 0.25) is 0 Å². The molecular weight excluding hydrogens is 430 g/mol. The van der Waals surface area contributed by atoms with Crippen molar-refractivity contribution in [1.29, 1.82) is 5.26 Å². The Bertz CT molecular complexity index is 1030. The van der Waals surface area contributed by atoms with Crippen LogP contribution in [-0.2, 0) is 6.42 Å². The Morgan fingerprint density at radius 1 is 1.25 bits per heavy atom. The number of aryl methyl sites for hydroxylation is 1. The molecule has 0 radical (unpaired) electrons. The summed E-state index contributed by atoms with van der Waals surface area (Å²) in [6.45, 7) is 6.48. The Morgan fingerprint density at radius 3 is 2.64 bits per heavy atom. The molecule has 0 unspecified atom stereocenters. The highest BCUT2D eigenvalue weighted by molar-refractivity contribution is 9.10. The van der Waals surface area contributed by atoms with E-state index in [2.05, 4.69) is 70.4 Å². The summed E-state index contributed by atoms with van der Waals surface area (Å²) in [6, 6.07) is 16.8. The average Bonchev–Trinajstić information content (AvgIpc) is 3.14. The number of rotatable bonds is 6. The van der Waals surface area contributed by atoms with E-state index in [1.165, 1.54) is 22.5 Å². The number of anilines is 1.